The maximum atomic E-state index is 12.7. The molecule has 8 nitrogen and oxygen atoms in total. The van der Waals surface area contributed by atoms with Gasteiger partial charge in [0.15, 0.2) is 11.5 Å². The van der Waals surface area contributed by atoms with Crippen molar-refractivity contribution < 1.29 is 19.5 Å². The number of amides is 4. The van der Waals surface area contributed by atoms with Gasteiger partial charge < -0.3 is 21.1 Å². The Morgan fingerprint density at radius 1 is 1.06 bits per heavy atom. The minimum Gasteiger partial charge on any atom is -0.504 e. The molecule has 2 aromatic rings. The van der Waals surface area contributed by atoms with Crippen LogP contribution in [-0.4, -0.2) is 23.0 Å². The van der Waals surface area contributed by atoms with Crippen LogP contribution in [-0.2, 0) is 11.2 Å². The van der Waals surface area contributed by atoms with Crippen LogP contribution in [0.1, 0.15) is 40.4 Å². The molecule has 1 aliphatic heterocycles. The van der Waals surface area contributed by atoms with Crippen molar-refractivity contribution in [3.63, 3.8) is 0 Å². The second-order valence-electron chi connectivity index (χ2n) is 7.43. The van der Waals surface area contributed by atoms with Crippen molar-refractivity contribution in [2.75, 3.05) is 5.32 Å². The molecule has 1 aliphatic carbocycles. The summed E-state index contributed by atoms with van der Waals surface area (Å²) in [5.74, 6) is -1.18. The molecular formula is C23H22N4O4. The normalized spacial score (nSPS) is 17.9. The Bertz CT molecular complexity index is 1110. The Morgan fingerprint density at radius 3 is 2.61 bits per heavy atom. The van der Waals surface area contributed by atoms with E-state index in [-0.39, 0.29) is 23.3 Å². The molecule has 0 radical (unpaired) electrons. The number of fused-ring (bicyclic) bond motifs is 1. The minimum atomic E-state index is -0.629. The van der Waals surface area contributed by atoms with Crippen molar-refractivity contribution in [1.29, 1.82) is 0 Å². The van der Waals surface area contributed by atoms with Gasteiger partial charge in [-0.15, -0.1) is 0 Å². The van der Waals surface area contributed by atoms with Crippen LogP contribution < -0.4 is 21.3 Å². The minimum absolute atomic E-state index is 0.0308. The average molecular weight is 418 g/mol. The second-order valence-corrected chi connectivity index (χ2v) is 7.43. The molecule has 1 atom stereocenters. The SMILES string of the molecule is C=C1NC(=O)NC(C(=O)N[C@@H]2CCCc3cc(NC(=O)c4ccccc4)ccc32)=C1O. The van der Waals surface area contributed by atoms with Gasteiger partial charge in [-0.25, -0.2) is 4.79 Å². The summed E-state index contributed by atoms with van der Waals surface area (Å²) in [6.45, 7) is 3.52. The molecule has 8 heteroatoms. The van der Waals surface area contributed by atoms with Gasteiger partial charge in [-0.05, 0) is 54.7 Å². The first-order valence-electron chi connectivity index (χ1n) is 9.93. The molecule has 2 aliphatic rings. The highest BCUT2D eigenvalue weighted by molar-refractivity contribution is 6.04. The first-order chi connectivity index (χ1) is 14.9. The Balaban J connectivity index is 1.50. The lowest BCUT2D eigenvalue weighted by atomic mass is 9.87. The largest absolute Gasteiger partial charge is 0.504 e. The molecule has 0 unspecified atom stereocenters. The van der Waals surface area contributed by atoms with Crippen molar-refractivity contribution in [2.45, 2.75) is 25.3 Å². The van der Waals surface area contributed by atoms with Crippen LogP contribution in [0.3, 0.4) is 0 Å². The summed E-state index contributed by atoms with van der Waals surface area (Å²) in [4.78, 5) is 36.7. The van der Waals surface area contributed by atoms with Crippen molar-refractivity contribution in [3.8, 4) is 0 Å². The maximum Gasteiger partial charge on any atom is 0.324 e. The average Bonchev–Trinajstić information content (AvgIpc) is 2.76. The third-order valence-corrected chi connectivity index (χ3v) is 5.31. The predicted octanol–water partition coefficient (Wildman–Crippen LogP) is 3.03. The zero-order valence-electron chi connectivity index (χ0n) is 16.7. The Hall–Kier alpha value is -4.07. The third-order valence-electron chi connectivity index (χ3n) is 5.31. The zero-order chi connectivity index (χ0) is 22.0. The number of carbonyl (C=O) groups is 3. The Labute approximate surface area is 179 Å². The number of aliphatic hydroxyl groups excluding tert-OH is 1. The molecular weight excluding hydrogens is 396 g/mol. The molecule has 4 amide bonds. The van der Waals surface area contributed by atoms with Gasteiger partial charge in [0, 0.05) is 11.3 Å². The van der Waals surface area contributed by atoms with Crippen LogP contribution in [0.25, 0.3) is 0 Å². The number of carbonyl (C=O) groups excluding carboxylic acids is 3. The van der Waals surface area contributed by atoms with Gasteiger partial charge in [-0.3, -0.25) is 14.9 Å². The number of aryl methyl sites for hydroxylation is 1. The van der Waals surface area contributed by atoms with Crippen LogP contribution in [0, 0.1) is 0 Å². The smallest absolute Gasteiger partial charge is 0.324 e. The Morgan fingerprint density at radius 2 is 1.84 bits per heavy atom. The van der Waals surface area contributed by atoms with Crippen molar-refractivity contribution in [1.82, 2.24) is 16.0 Å². The maximum absolute atomic E-state index is 12.7. The number of urea groups is 1. The highest BCUT2D eigenvalue weighted by atomic mass is 16.3. The summed E-state index contributed by atoms with van der Waals surface area (Å²) in [5.41, 5.74) is 2.96. The fourth-order valence-corrected chi connectivity index (χ4v) is 3.78. The lowest BCUT2D eigenvalue weighted by Gasteiger charge is -2.28. The van der Waals surface area contributed by atoms with Gasteiger partial charge in [0.05, 0.1) is 11.7 Å². The van der Waals surface area contributed by atoms with Gasteiger partial charge in [-0.2, -0.15) is 0 Å². The van der Waals surface area contributed by atoms with Crippen LogP contribution >= 0.6 is 0 Å². The quantitative estimate of drug-likeness (QED) is 0.524. The molecule has 0 fully saturated rings. The molecule has 0 saturated heterocycles. The zero-order valence-corrected chi connectivity index (χ0v) is 16.7. The summed E-state index contributed by atoms with van der Waals surface area (Å²) in [6, 6.07) is 13.7. The van der Waals surface area contributed by atoms with E-state index in [4.69, 9.17) is 0 Å². The fourth-order valence-electron chi connectivity index (χ4n) is 3.78. The van der Waals surface area contributed by atoms with E-state index >= 15 is 0 Å². The molecule has 0 bridgehead atoms. The Kier molecular flexibility index (Phi) is 5.44. The number of rotatable bonds is 4. The summed E-state index contributed by atoms with van der Waals surface area (Å²) in [7, 11) is 0. The molecule has 2 aromatic carbocycles. The molecule has 31 heavy (non-hydrogen) atoms. The first kappa shape index (κ1) is 20.2. The number of benzene rings is 2. The topological polar surface area (TPSA) is 120 Å². The first-order valence-corrected chi connectivity index (χ1v) is 9.93. The summed E-state index contributed by atoms with van der Waals surface area (Å²) < 4.78 is 0. The highest BCUT2D eigenvalue weighted by Crippen LogP contribution is 2.32. The van der Waals surface area contributed by atoms with E-state index in [1.54, 1.807) is 18.2 Å². The molecule has 0 aromatic heterocycles. The van der Waals surface area contributed by atoms with E-state index in [1.165, 1.54) is 0 Å². The predicted molar refractivity (Wildman–Crippen MR) is 115 cm³/mol. The monoisotopic (exact) mass is 418 g/mol. The van der Waals surface area contributed by atoms with Crippen molar-refractivity contribution in [2.24, 2.45) is 0 Å². The van der Waals surface area contributed by atoms with Gasteiger partial charge in [0.1, 0.15) is 0 Å². The van der Waals surface area contributed by atoms with Gasteiger partial charge in [0.25, 0.3) is 11.8 Å². The van der Waals surface area contributed by atoms with E-state index in [1.807, 2.05) is 30.3 Å². The third kappa shape index (κ3) is 4.28. The second kappa shape index (κ2) is 8.35. The van der Waals surface area contributed by atoms with Crippen molar-refractivity contribution >= 4 is 23.5 Å². The molecule has 5 N–H and O–H groups in total. The van der Waals surface area contributed by atoms with Crippen LogP contribution in [0.15, 0.2) is 72.3 Å². The standard InChI is InChI=1S/C23H22N4O4/c1-13-20(28)19(27-23(31)24-13)22(30)26-18-9-5-8-15-12-16(10-11-17(15)18)25-21(29)14-6-3-2-4-7-14/h2-4,6-7,10-12,18,28H,1,5,8-9H2,(H,25,29)(H,26,30)(H2,24,27,31)/t18-/m1/s1. The van der Waals surface area contributed by atoms with Crippen LogP contribution in [0.2, 0.25) is 0 Å². The van der Waals surface area contributed by atoms with Crippen molar-refractivity contribution in [3.05, 3.63) is 89.0 Å². The van der Waals surface area contributed by atoms with E-state index in [0.717, 1.165) is 30.4 Å². The number of hydrogen-bond acceptors (Lipinski definition) is 4. The molecule has 1 heterocycles. The van der Waals surface area contributed by atoms with Gasteiger partial charge >= 0.3 is 6.03 Å². The molecule has 4 rings (SSSR count). The molecule has 0 spiro atoms. The number of aliphatic hydroxyl groups is 1. The van der Waals surface area contributed by atoms with E-state index in [9.17, 15) is 19.5 Å². The lowest BCUT2D eigenvalue weighted by molar-refractivity contribution is -0.118. The lowest BCUT2D eigenvalue weighted by Crippen LogP contribution is -2.46. The number of hydrogen-bond donors (Lipinski definition) is 5. The van der Waals surface area contributed by atoms with E-state index in [2.05, 4.69) is 27.8 Å². The highest BCUT2D eigenvalue weighted by Gasteiger charge is 2.29. The number of nitrogens with one attached hydrogen (secondary N) is 4. The van der Waals surface area contributed by atoms with E-state index in [0.29, 0.717) is 11.3 Å². The molecule has 158 valence electrons. The van der Waals surface area contributed by atoms with E-state index < -0.39 is 17.7 Å². The van der Waals surface area contributed by atoms with Crippen LogP contribution in [0.5, 0.6) is 0 Å². The van der Waals surface area contributed by atoms with Crippen LogP contribution in [0.4, 0.5) is 10.5 Å². The summed E-state index contributed by atoms with van der Waals surface area (Å²) in [5, 5.41) is 20.5. The molecule has 0 saturated carbocycles. The fraction of sp³-hybridized carbons (Fsp3) is 0.174. The number of anilines is 1. The van der Waals surface area contributed by atoms with Gasteiger partial charge in [-0.1, -0.05) is 30.8 Å². The van der Waals surface area contributed by atoms with Gasteiger partial charge in [0.2, 0.25) is 0 Å². The summed E-state index contributed by atoms with van der Waals surface area (Å²) >= 11 is 0. The summed E-state index contributed by atoms with van der Waals surface area (Å²) in [6.07, 6.45) is 2.39.